The molecule has 2 rings (SSSR count). The van der Waals surface area contributed by atoms with Crippen molar-refractivity contribution in [2.45, 2.75) is 77.7 Å². The van der Waals surface area contributed by atoms with Gasteiger partial charge in [-0.2, -0.15) is 0 Å². The molecule has 2 fully saturated rings. The molecule has 1 saturated heterocycles. The molecular formula is C20H38N4O. The summed E-state index contributed by atoms with van der Waals surface area (Å²) in [6, 6.07) is 0.326. The zero-order chi connectivity index (χ0) is 18.1. The quantitative estimate of drug-likeness (QED) is 0.522. The third-order valence-electron chi connectivity index (χ3n) is 5.87. The van der Waals surface area contributed by atoms with E-state index in [1.54, 1.807) is 0 Å². The van der Waals surface area contributed by atoms with Crippen LogP contribution >= 0.6 is 0 Å². The number of carbonyl (C=O) groups is 1. The summed E-state index contributed by atoms with van der Waals surface area (Å²) < 4.78 is 0. The summed E-state index contributed by atoms with van der Waals surface area (Å²) in [5.74, 6) is 2.27. The predicted molar refractivity (Wildman–Crippen MR) is 105 cm³/mol. The van der Waals surface area contributed by atoms with E-state index in [9.17, 15) is 4.79 Å². The monoisotopic (exact) mass is 350 g/mol. The number of amides is 1. The second-order valence-electron chi connectivity index (χ2n) is 7.77. The van der Waals surface area contributed by atoms with Gasteiger partial charge < -0.3 is 15.5 Å². The van der Waals surface area contributed by atoms with Crippen LogP contribution in [0.25, 0.3) is 0 Å². The molecule has 25 heavy (non-hydrogen) atoms. The number of guanidine groups is 1. The first-order valence-electron chi connectivity index (χ1n) is 10.4. The lowest BCUT2D eigenvalue weighted by molar-refractivity contribution is -0.134. The molecule has 1 aliphatic carbocycles. The number of unbranched alkanes of at least 4 members (excludes halogenated alkanes) is 1. The fraction of sp³-hybridized carbons (Fsp3) is 0.900. The molecule has 0 aromatic carbocycles. The van der Waals surface area contributed by atoms with Crippen molar-refractivity contribution in [1.82, 2.24) is 15.5 Å². The molecular weight excluding hydrogens is 312 g/mol. The van der Waals surface area contributed by atoms with Gasteiger partial charge in [-0.15, -0.1) is 0 Å². The highest BCUT2D eigenvalue weighted by atomic mass is 16.2. The fourth-order valence-electron chi connectivity index (χ4n) is 4.08. The minimum absolute atomic E-state index is 0.292. The molecule has 2 aliphatic rings. The van der Waals surface area contributed by atoms with Crippen molar-refractivity contribution in [2.75, 3.05) is 26.7 Å². The molecule has 0 spiro atoms. The Morgan fingerprint density at radius 1 is 1.24 bits per heavy atom. The van der Waals surface area contributed by atoms with E-state index >= 15 is 0 Å². The second kappa shape index (κ2) is 10.7. The molecule has 0 aromatic heterocycles. The van der Waals surface area contributed by atoms with Crippen molar-refractivity contribution in [3.8, 4) is 0 Å². The molecule has 2 N–H and O–H groups in total. The molecule has 0 aromatic rings. The van der Waals surface area contributed by atoms with Crippen molar-refractivity contribution >= 4 is 11.9 Å². The van der Waals surface area contributed by atoms with Crippen LogP contribution in [-0.2, 0) is 4.79 Å². The number of likely N-dealkylation sites (tertiary alicyclic amines) is 1. The van der Waals surface area contributed by atoms with Crippen molar-refractivity contribution < 1.29 is 4.79 Å². The summed E-state index contributed by atoms with van der Waals surface area (Å²) in [5, 5.41) is 7.01. The zero-order valence-electron chi connectivity index (χ0n) is 16.5. The molecule has 1 heterocycles. The average molecular weight is 351 g/mol. The van der Waals surface area contributed by atoms with Gasteiger partial charge in [0.25, 0.3) is 0 Å². The van der Waals surface area contributed by atoms with Crippen LogP contribution in [0.3, 0.4) is 0 Å². The van der Waals surface area contributed by atoms with Crippen LogP contribution in [0.4, 0.5) is 0 Å². The summed E-state index contributed by atoms with van der Waals surface area (Å²) in [4.78, 5) is 19.0. The Kier molecular flexibility index (Phi) is 8.56. The molecule has 1 saturated carbocycles. The summed E-state index contributed by atoms with van der Waals surface area (Å²) >= 11 is 0. The number of nitrogens with zero attached hydrogens (tertiary/aromatic N) is 2. The maximum Gasteiger partial charge on any atom is 0.225 e. The first-order valence-corrected chi connectivity index (χ1v) is 10.4. The van der Waals surface area contributed by atoms with Crippen molar-refractivity contribution in [1.29, 1.82) is 0 Å². The van der Waals surface area contributed by atoms with Gasteiger partial charge in [-0.25, -0.2) is 0 Å². The zero-order valence-corrected chi connectivity index (χ0v) is 16.5. The summed E-state index contributed by atoms with van der Waals surface area (Å²) in [7, 11) is 1.83. The van der Waals surface area contributed by atoms with E-state index in [4.69, 9.17) is 0 Å². The van der Waals surface area contributed by atoms with E-state index in [-0.39, 0.29) is 0 Å². The van der Waals surface area contributed by atoms with Gasteiger partial charge in [-0.3, -0.25) is 9.79 Å². The standard InChI is InChI=1S/C20H38N4O/c1-4-6-9-16(5-2)14-22-20(21-3)23-18-12-13-24(15-18)19(25)17-10-7-8-11-17/h16-18H,4-15H2,1-3H3,(H2,21,22,23). The largest absolute Gasteiger partial charge is 0.356 e. The van der Waals surface area contributed by atoms with Gasteiger partial charge in [0.15, 0.2) is 5.96 Å². The minimum Gasteiger partial charge on any atom is -0.356 e. The Bertz CT molecular complexity index is 431. The van der Waals surface area contributed by atoms with E-state index in [2.05, 4.69) is 34.4 Å². The fourth-order valence-corrected chi connectivity index (χ4v) is 4.08. The van der Waals surface area contributed by atoms with Crippen LogP contribution in [0, 0.1) is 11.8 Å². The number of rotatable bonds is 8. The smallest absolute Gasteiger partial charge is 0.225 e. The van der Waals surface area contributed by atoms with Crippen LogP contribution < -0.4 is 10.6 Å². The van der Waals surface area contributed by atoms with Crippen molar-refractivity contribution in [3.63, 3.8) is 0 Å². The maximum absolute atomic E-state index is 12.6. The summed E-state index contributed by atoms with van der Waals surface area (Å²) in [6.45, 7) is 7.20. The van der Waals surface area contributed by atoms with Gasteiger partial charge in [0.05, 0.1) is 0 Å². The predicted octanol–water partition coefficient (Wildman–Crippen LogP) is 3.16. The second-order valence-corrected chi connectivity index (χ2v) is 7.77. The third-order valence-corrected chi connectivity index (χ3v) is 5.87. The number of aliphatic imine (C=N–C) groups is 1. The van der Waals surface area contributed by atoms with E-state index in [0.29, 0.717) is 23.8 Å². The Labute approximate surface area is 154 Å². The highest BCUT2D eigenvalue weighted by Crippen LogP contribution is 2.27. The lowest BCUT2D eigenvalue weighted by atomic mass is 9.99. The molecule has 1 aliphatic heterocycles. The highest BCUT2D eigenvalue weighted by Gasteiger charge is 2.32. The molecule has 1 amide bonds. The molecule has 2 unspecified atom stereocenters. The number of carbonyl (C=O) groups excluding carboxylic acids is 1. The Balaban J connectivity index is 1.73. The van der Waals surface area contributed by atoms with Gasteiger partial charge in [0, 0.05) is 38.6 Å². The van der Waals surface area contributed by atoms with Gasteiger partial charge in [0.1, 0.15) is 0 Å². The van der Waals surface area contributed by atoms with Crippen LogP contribution in [0.15, 0.2) is 4.99 Å². The topological polar surface area (TPSA) is 56.7 Å². The maximum atomic E-state index is 12.6. The third kappa shape index (κ3) is 6.19. The van der Waals surface area contributed by atoms with Gasteiger partial charge >= 0.3 is 0 Å². The molecule has 144 valence electrons. The normalized spacial score (nSPS) is 23.1. The first kappa shape index (κ1) is 20.1. The van der Waals surface area contributed by atoms with Crippen molar-refractivity contribution in [2.24, 2.45) is 16.8 Å². The molecule has 2 atom stereocenters. The van der Waals surface area contributed by atoms with Crippen molar-refractivity contribution in [3.05, 3.63) is 0 Å². The molecule has 5 heteroatoms. The molecule has 5 nitrogen and oxygen atoms in total. The number of nitrogens with one attached hydrogen (secondary N) is 2. The van der Waals surface area contributed by atoms with E-state index in [1.165, 1.54) is 38.5 Å². The van der Waals surface area contributed by atoms with E-state index in [1.807, 2.05) is 7.05 Å². The lowest BCUT2D eigenvalue weighted by Gasteiger charge is -2.22. The molecule has 0 radical (unpaired) electrons. The van der Waals surface area contributed by atoms with Crippen LogP contribution in [0.1, 0.15) is 71.6 Å². The number of hydrogen-bond acceptors (Lipinski definition) is 2. The van der Waals surface area contributed by atoms with Gasteiger partial charge in [-0.05, 0) is 31.6 Å². The Morgan fingerprint density at radius 2 is 2.00 bits per heavy atom. The molecule has 0 bridgehead atoms. The van der Waals surface area contributed by atoms with Crippen LogP contribution in [0.5, 0.6) is 0 Å². The minimum atomic E-state index is 0.292. The van der Waals surface area contributed by atoms with Crippen LogP contribution in [-0.4, -0.2) is 49.5 Å². The van der Waals surface area contributed by atoms with E-state index in [0.717, 1.165) is 44.9 Å². The SMILES string of the molecule is CCCCC(CC)CNC(=NC)NC1CCN(C(=O)C2CCCC2)C1. The Hall–Kier alpha value is -1.26. The summed E-state index contributed by atoms with van der Waals surface area (Å²) in [5.41, 5.74) is 0. The lowest BCUT2D eigenvalue weighted by Crippen LogP contribution is -2.46. The van der Waals surface area contributed by atoms with Crippen LogP contribution in [0.2, 0.25) is 0 Å². The number of hydrogen-bond donors (Lipinski definition) is 2. The highest BCUT2D eigenvalue weighted by molar-refractivity contribution is 5.81. The Morgan fingerprint density at radius 3 is 2.64 bits per heavy atom. The summed E-state index contributed by atoms with van der Waals surface area (Å²) in [6.07, 6.45) is 10.7. The van der Waals surface area contributed by atoms with Gasteiger partial charge in [-0.1, -0.05) is 46.0 Å². The van der Waals surface area contributed by atoms with E-state index < -0.39 is 0 Å². The first-order chi connectivity index (χ1) is 12.2. The van der Waals surface area contributed by atoms with Gasteiger partial charge in [0.2, 0.25) is 5.91 Å². The average Bonchev–Trinajstić information content (AvgIpc) is 3.32.